The van der Waals surface area contributed by atoms with Crippen LogP contribution in [0, 0.1) is 0 Å². The molecular weight excluding hydrogens is 332 g/mol. The smallest absolute Gasteiger partial charge is 0.337 e. The zero-order chi connectivity index (χ0) is 11.4. The SMILES string of the molecule is COC(=O)c1cc(Br)c(OC=O)c(Br)c1. The number of carbonyl (C=O) groups excluding carboxylic acids is 2. The van der Waals surface area contributed by atoms with Crippen LogP contribution in [0.3, 0.4) is 0 Å². The van der Waals surface area contributed by atoms with Gasteiger partial charge < -0.3 is 9.47 Å². The van der Waals surface area contributed by atoms with Gasteiger partial charge in [-0.05, 0) is 44.0 Å². The maximum atomic E-state index is 11.2. The van der Waals surface area contributed by atoms with Gasteiger partial charge in [-0.25, -0.2) is 4.79 Å². The molecular formula is C9H6Br2O4. The summed E-state index contributed by atoms with van der Waals surface area (Å²) in [5.74, 6) is -0.147. The van der Waals surface area contributed by atoms with E-state index in [1.807, 2.05) is 0 Å². The highest BCUT2D eigenvalue weighted by Gasteiger charge is 2.13. The number of hydrogen-bond donors (Lipinski definition) is 0. The van der Waals surface area contributed by atoms with Gasteiger partial charge in [-0.2, -0.15) is 0 Å². The van der Waals surface area contributed by atoms with E-state index >= 15 is 0 Å². The first kappa shape index (κ1) is 12.2. The number of halogens is 2. The predicted octanol–water partition coefficient (Wildman–Crippen LogP) is 2.53. The molecule has 0 fully saturated rings. The zero-order valence-corrected chi connectivity index (χ0v) is 10.8. The van der Waals surface area contributed by atoms with Crippen molar-refractivity contribution in [2.24, 2.45) is 0 Å². The minimum absolute atomic E-state index is 0.308. The van der Waals surface area contributed by atoms with E-state index in [1.165, 1.54) is 19.2 Å². The fourth-order valence-electron chi connectivity index (χ4n) is 0.956. The summed E-state index contributed by atoms with van der Waals surface area (Å²) in [5.41, 5.74) is 0.356. The highest BCUT2D eigenvalue weighted by Crippen LogP contribution is 2.34. The van der Waals surface area contributed by atoms with Crippen molar-refractivity contribution in [1.82, 2.24) is 0 Å². The van der Waals surface area contributed by atoms with Crippen LogP contribution in [0.4, 0.5) is 0 Å². The molecule has 0 aliphatic carbocycles. The third-order valence-corrected chi connectivity index (χ3v) is 2.76. The molecule has 0 heterocycles. The Kier molecular flexibility index (Phi) is 4.28. The lowest BCUT2D eigenvalue weighted by molar-refractivity contribution is -0.120. The second kappa shape index (κ2) is 5.27. The Labute approximate surface area is 103 Å². The topological polar surface area (TPSA) is 52.6 Å². The van der Waals surface area contributed by atoms with Gasteiger partial charge in [0.05, 0.1) is 21.6 Å². The van der Waals surface area contributed by atoms with E-state index in [4.69, 9.17) is 4.74 Å². The lowest BCUT2D eigenvalue weighted by Gasteiger charge is -2.06. The third kappa shape index (κ3) is 2.79. The summed E-state index contributed by atoms with van der Waals surface area (Å²) in [7, 11) is 1.29. The molecule has 0 aliphatic heterocycles. The molecule has 0 aliphatic rings. The van der Waals surface area contributed by atoms with Gasteiger partial charge in [0.1, 0.15) is 0 Å². The Balaban J connectivity index is 3.18. The van der Waals surface area contributed by atoms with Crippen molar-refractivity contribution in [1.29, 1.82) is 0 Å². The highest BCUT2D eigenvalue weighted by molar-refractivity contribution is 9.11. The van der Waals surface area contributed by atoms with E-state index in [1.54, 1.807) is 0 Å². The first-order valence-corrected chi connectivity index (χ1v) is 5.36. The van der Waals surface area contributed by atoms with Crippen LogP contribution < -0.4 is 4.74 Å². The lowest BCUT2D eigenvalue weighted by atomic mass is 10.2. The molecule has 0 unspecified atom stereocenters. The summed E-state index contributed by atoms with van der Waals surface area (Å²) in [4.78, 5) is 21.4. The van der Waals surface area contributed by atoms with Crippen LogP contribution in [-0.4, -0.2) is 19.6 Å². The van der Waals surface area contributed by atoms with Crippen molar-refractivity contribution >= 4 is 44.3 Å². The Morgan fingerprint density at radius 1 is 1.33 bits per heavy atom. The van der Waals surface area contributed by atoms with E-state index < -0.39 is 5.97 Å². The first-order valence-electron chi connectivity index (χ1n) is 3.77. The molecule has 1 aromatic carbocycles. The number of carbonyl (C=O) groups is 2. The van der Waals surface area contributed by atoms with Crippen molar-refractivity contribution in [3.63, 3.8) is 0 Å². The second-order valence-corrected chi connectivity index (χ2v) is 4.18. The summed E-state index contributed by atoms with van der Waals surface area (Å²) in [5, 5.41) is 0. The average Bonchev–Trinajstić information content (AvgIpc) is 2.22. The summed E-state index contributed by atoms with van der Waals surface area (Å²) < 4.78 is 10.2. The molecule has 1 rings (SSSR count). The molecule has 0 saturated heterocycles. The monoisotopic (exact) mass is 336 g/mol. The largest absolute Gasteiger partial charge is 0.465 e. The Bertz CT molecular complexity index is 380. The Morgan fingerprint density at radius 2 is 1.87 bits per heavy atom. The van der Waals surface area contributed by atoms with Crippen molar-refractivity contribution in [2.45, 2.75) is 0 Å². The molecule has 0 saturated carbocycles. The summed E-state index contributed by atoms with van der Waals surface area (Å²) in [6.45, 7) is 0.308. The molecule has 0 amide bonds. The van der Waals surface area contributed by atoms with E-state index in [-0.39, 0.29) is 0 Å². The van der Waals surface area contributed by atoms with Crippen LogP contribution in [0.5, 0.6) is 5.75 Å². The van der Waals surface area contributed by atoms with Crippen molar-refractivity contribution in [3.05, 3.63) is 26.6 Å². The second-order valence-electron chi connectivity index (χ2n) is 2.47. The number of rotatable bonds is 3. The van der Waals surface area contributed by atoms with Crippen LogP contribution in [0.25, 0.3) is 0 Å². The molecule has 80 valence electrons. The quantitative estimate of drug-likeness (QED) is 0.628. The fraction of sp³-hybridized carbons (Fsp3) is 0.111. The van der Waals surface area contributed by atoms with Gasteiger partial charge in [-0.3, -0.25) is 4.79 Å². The zero-order valence-electron chi connectivity index (χ0n) is 7.62. The fourth-order valence-corrected chi connectivity index (χ4v) is 2.33. The molecule has 0 N–H and O–H groups in total. The Hall–Kier alpha value is -0.880. The maximum Gasteiger partial charge on any atom is 0.337 e. The van der Waals surface area contributed by atoms with E-state index in [2.05, 4.69) is 36.6 Å². The molecule has 0 radical (unpaired) electrons. The van der Waals surface area contributed by atoms with Crippen molar-refractivity contribution in [2.75, 3.05) is 7.11 Å². The summed E-state index contributed by atoms with van der Waals surface area (Å²) in [6, 6.07) is 3.02. The molecule has 0 aromatic heterocycles. The van der Waals surface area contributed by atoms with Crippen LogP contribution in [-0.2, 0) is 9.53 Å². The van der Waals surface area contributed by atoms with Crippen LogP contribution in [0.1, 0.15) is 10.4 Å². The third-order valence-electron chi connectivity index (χ3n) is 1.59. The van der Waals surface area contributed by atoms with Gasteiger partial charge in [0.25, 0.3) is 6.47 Å². The molecule has 0 spiro atoms. The van der Waals surface area contributed by atoms with Gasteiger partial charge >= 0.3 is 5.97 Å². The van der Waals surface area contributed by atoms with Crippen LogP contribution in [0.15, 0.2) is 21.1 Å². The Morgan fingerprint density at radius 3 is 2.27 bits per heavy atom. The average molecular weight is 338 g/mol. The molecule has 0 atom stereocenters. The minimum Gasteiger partial charge on any atom is -0.465 e. The normalized spacial score (nSPS) is 9.53. The number of ether oxygens (including phenoxy) is 2. The van der Waals surface area contributed by atoms with Gasteiger partial charge in [0.2, 0.25) is 0 Å². The van der Waals surface area contributed by atoms with Gasteiger partial charge in [0, 0.05) is 0 Å². The molecule has 0 bridgehead atoms. The summed E-state index contributed by atoms with van der Waals surface area (Å²) >= 11 is 6.35. The van der Waals surface area contributed by atoms with Crippen molar-refractivity contribution in [3.8, 4) is 5.75 Å². The lowest BCUT2D eigenvalue weighted by Crippen LogP contribution is -2.02. The van der Waals surface area contributed by atoms with Crippen LogP contribution in [0.2, 0.25) is 0 Å². The van der Waals surface area contributed by atoms with Crippen LogP contribution >= 0.6 is 31.9 Å². The van der Waals surface area contributed by atoms with Crippen molar-refractivity contribution < 1.29 is 19.1 Å². The van der Waals surface area contributed by atoms with E-state index in [0.29, 0.717) is 26.7 Å². The van der Waals surface area contributed by atoms with Gasteiger partial charge in [-0.15, -0.1) is 0 Å². The number of hydrogen-bond acceptors (Lipinski definition) is 4. The first-order chi connectivity index (χ1) is 7.10. The van der Waals surface area contributed by atoms with Gasteiger partial charge in [-0.1, -0.05) is 0 Å². The number of benzene rings is 1. The van der Waals surface area contributed by atoms with Gasteiger partial charge in [0.15, 0.2) is 5.75 Å². The number of methoxy groups -OCH3 is 1. The molecule has 1 aromatic rings. The maximum absolute atomic E-state index is 11.2. The minimum atomic E-state index is -0.464. The predicted molar refractivity (Wildman–Crippen MR) is 59.9 cm³/mol. The molecule has 15 heavy (non-hydrogen) atoms. The molecule has 6 heteroatoms. The highest BCUT2D eigenvalue weighted by atomic mass is 79.9. The van der Waals surface area contributed by atoms with E-state index in [0.717, 1.165) is 0 Å². The number of esters is 1. The van der Waals surface area contributed by atoms with E-state index in [9.17, 15) is 9.59 Å². The molecule has 4 nitrogen and oxygen atoms in total. The standard InChI is InChI=1S/C9H6Br2O4/c1-14-9(13)5-2-6(10)8(15-4-12)7(11)3-5/h2-4H,1H3. The summed E-state index contributed by atoms with van der Waals surface area (Å²) in [6.07, 6.45) is 0.